The molecule has 0 aliphatic rings. The molecule has 0 atom stereocenters. The number of aryl methyl sites for hydroxylation is 1. The number of hydrogen-bond acceptors (Lipinski definition) is 4. The topological polar surface area (TPSA) is 90.2 Å². The zero-order valence-electron chi connectivity index (χ0n) is 9.42. The number of nitrogens with two attached hydrogens (primary N) is 2. The molecular weight excluding hydrogens is 234 g/mol. The smallest absolute Gasteiger partial charge is 0.235 e. The van der Waals surface area contributed by atoms with E-state index in [4.69, 9.17) is 11.5 Å². The normalized spacial score (nSPS) is 10.2. The molecule has 0 fully saturated rings. The summed E-state index contributed by atoms with van der Waals surface area (Å²) < 4.78 is 0. The molecule has 2 rings (SSSR count). The fraction of sp³-hybridized carbons (Fsp3) is 0.182. The molecule has 0 aliphatic carbocycles. The molecule has 2 aromatic rings. The third kappa shape index (κ3) is 2.59. The first-order valence-corrected chi connectivity index (χ1v) is 6.03. The minimum atomic E-state index is -0.00326. The zero-order valence-corrected chi connectivity index (χ0v) is 10.2. The van der Waals surface area contributed by atoms with Gasteiger partial charge < -0.3 is 11.5 Å². The van der Waals surface area contributed by atoms with Gasteiger partial charge in [0.2, 0.25) is 5.13 Å². The maximum Gasteiger partial charge on any atom is 0.235 e. The van der Waals surface area contributed by atoms with E-state index >= 15 is 0 Å². The highest BCUT2D eigenvalue weighted by molar-refractivity contribution is 7.18. The molecular formula is C11H13N5S. The SMILES string of the molecule is CCc1ccccc1-c1nnc(N=C(N)N)s1. The van der Waals surface area contributed by atoms with Crippen LogP contribution in [0.5, 0.6) is 0 Å². The van der Waals surface area contributed by atoms with Crippen LogP contribution in [0.15, 0.2) is 29.3 Å². The van der Waals surface area contributed by atoms with E-state index in [0.29, 0.717) is 5.13 Å². The molecule has 0 amide bonds. The Hall–Kier alpha value is -1.95. The minimum Gasteiger partial charge on any atom is -0.370 e. The van der Waals surface area contributed by atoms with E-state index < -0.39 is 0 Å². The van der Waals surface area contributed by atoms with Crippen molar-refractivity contribution in [3.8, 4) is 10.6 Å². The molecule has 17 heavy (non-hydrogen) atoms. The summed E-state index contributed by atoms with van der Waals surface area (Å²) in [6, 6.07) is 8.10. The van der Waals surface area contributed by atoms with E-state index in [1.165, 1.54) is 16.9 Å². The van der Waals surface area contributed by atoms with E-state index in [2.05, 4.69) is 28.2 Å². The molecule has 0 radical (unpaired) electrons. The standard InChI is InChI=1S/C11H13N5S/c1-2-7-5-3-4-6-8(7)9-15-16-11(17-9)14-10(12)13/h3-6H,2H2,1H3,(H4,12,13,14,16). The highest BCUT2D eigenvalue weighted by Crippen LogP contribution is 2.30. The molecule has 5 nitrogen and oxygen atoms in total. The van der Waals surface area contributed by atoms with E-state index in [0.717, 1.165) is 17.0 Å². The van der Waals surface area contributed by atoms with Gasteiger partial charge in [0.05, 0.1) is 0 Å². The van der Waals surface area contributed by atoms with Gasteiger partial charge in [-0.25, -0.2) is 0 Å². The molecule has 0 bridgehead atoms. The lowest BCUT2D eigenvalue weighted by atomic mass is 10.1. The van der Waals surface area contributed by atoms with Crippen molar-refractivity contribution < 1.29 is 0 Å². The highest BCUT2D eigenvalue weighted by Gasteiger charge is 2.09. The Balaban J connectivity index is 2.40. The number of rotatable bonds is 3. The Kier molecular flexibility index (Phi) is 3.34. The molecule has 0 unspecified atom stereocenters. The Morgan fingerprint density at radius 1 is 1.29 bits per heavy atom. The van der Waals surface area contributed by atoms with E-state index in [1.807, 2.05) is 18.2 Å². The van der Waals surface area contributed by atoms with E-state index in [9.17, 15) is 0 Å². The van der Waals surface area contributed by atoms with E-state index in [-0.39, 0.29) is 5.96 Å². The lowest BCUT2D eigenvalue weighted by molar-refractivity contribution is 1.07. The predicted octanol–water partition coefficient (Wildman–Crippen LogP) is 1.67. The number of benzene rings is 1. The van der Waals surface area contributed by atoms with Gasteiger partial charge >= 0.3 is 0 Å². The van der Waals surface area contributed by atoms with Crippen LogP contribution >= 0.6 is 11.3 Å². The van der Waals surface area contributed by atoms with Gasteiger partial charge in [-0.05, 0) is 12.0 Å². The summed E-state index contributed by atoms with van der Waals surface area (Å²) in [5.41, 5.74) is 12.9. The van der Waals surface area contributed by atoms with Gasteiger partial charge in [-0.2, -0.15) is 4.99 Å². The van der Waals surface area contributed by atoms with Crippen molar-refractivity contribution in [2.24, 2.45) is 16.5 Å². The van der Waals surface area contributed by atoms with Crippen molar-refractivity contribution >= 4 is 22.4 Å². The van der Waals surface area contributed by atoms with Crippen LogP contribution in [0.2, 0.25) is 0 Å². The third-order valence-electron chi connectivity index (χ3n) is 2.27. The number of nitrogens with zero attached hydrogens (tertiary/aromatic N) is 3. The second-order valence-electron chi connectivity index (χ2n) is 3.44. The van der Waals surface area contributed by atoms with Crippen molar-refractivity contribution in [2.45, 2.75) is 13.3 Å². The van der Waals surface area contributed by atoms with Gasteiger partial charge in [0.15, 0.2) is 5.96 Å². The van der Waals surface area contributed by atoms with Gasteiger partial charge in [-0.3, -0.25) is 0 Å². The van der Waals surface area contributed by atoms with Crippen LogP contribution in [0.3, 0.4) is 0 Å². The second kappa shape index (κ2) is 4.92. The van der Waals surface area contributed by atoms with Crippen LogP contribution in [0, 0.1) is 0 Å². The van der Waals surface area contributed by atoms with Crippen LogP contribution in [0.25, 0.3) is 10.6 Å². The average Bonchev–Trinajstić information content (AvgIpc) is 2.76. The van der Waals surface area contributed by atoms with Crippen molar-refractivity contribution in [3.63, 3.8) is 0 Å². The fourth-order valence-corrected chi connectivity index (χ4v) is 2.31. The summed E-state index contributed by atoms with van der Waals surface area (Å²) in [7, 11) is 0. The largest absolute Gasteiger partial charge is 0.370 e. The first kappa shape index (κ1) is 11.5. The lowest BCUT2D eigenvalue weighted by Crippen LogP contribution is -2.21. The summed E-state index contributed by atoms with van der Waals surface area (Å²) in [4.78, 5) is 3.88. The molecule has 0 aliphatic heterocycles. The van der Waals surface area contributed by atoms with Crippen LogP contribution < -0.4 is 11.5 Å². The zero-order chi connectivity index (χ0) is 12.3. The summed E-state index contributed by atoms with van der Waals surface area (Å²) in [6.45, 7) is 2.11. The Labute approximate surface area is 103 Å². The summed E-state index contributed by atoms with van der Waals surface area (Å²) in [5, 5.41) is 9.34. The maximum atomic E-state index is 5.30. The van der Waals surface area contributed by atoms with Crippen molar-refractivity contribution in [1.29, 1.82) is 0 Å². The molecule has 1 aromatic heterocycles. The van der Waals surface area contributed by atoms with Crippen LogP contribution in [-0.2, 0) is 6.42 Å². The van der Waals surface area contributed by atoms with Crippen molar-refractivity contribution in [1.82, 2.24) is 10.2 Å². The van der Waals surface area contributed by atoms with Gasteiger partial charge in [0.1, 0.15) is 5.01 Å². The van der Waals surface area contributed by atoms with Gasteiger partial charge in [-0.15, -0.1) is 10.2 Å². The predicted molar refractivity (Wildman–Crippen MR) is 70.2 cm³/mol. The van der Waals surface area contributed by atoms with Crippen LogP contribution in [0.1, 0.15) is 12.5 Å². The molecule has 88 valence electrons. The Morgan fingerprint density at radius 3 is 2.76 bits per heavy atom. The first-order valence-electron chi connectivity index (χ1n) is 5.22. The summed E-state index contributed by atoms with van der Waals surface area (Å²) in [5.74, 6) is -0.00326. The average molecular weight is 247 g/mol. The third-order valence-corrected chi connectivity index (χ3v) is 3.12. The lowest BCUT2D eigenvalue weighted by Gasteiger charge is -2.02. The second-order valence-corrected chi connectivity index (χ2v) is 4.39. The Bertz CT molecular complexity index is 542. The van der Waals surface area contributed by atoms with Gasteiger partial charge in [-0.1, -0.05) is 42.5 Å². The fourth-order valence-electron chi connectivity index (χ4n) is 1.52. The van der Waals surface area contributed by atoms with Crippen LogP contribution in [0.4, 0.5) is 5.13 Å². The molecule has 4 N–H and O–H groups in total. The van der Waals surface area contributed by atoms with Crippen LogP contribution in [-0.4, -0.2) is 16.2 Å². The molecule has 0 spiro atoms. The first-order chi connectivity index (χ1) is 8.20. The van der Waals surface area contributed by atoms with E-state index in [1.54, 1.807) is 0 Å². The van der Waals surface area contributed by atoms with Gasteiger partial charge in [0.25, 0.3) is 0 Å². The number of aliphatic imine (C=N–C) groups is 1. The number of guanidine groups is 1. The minimum absolute atomic E-state index is 0.00326. The highest BCUT2D eigenvalue weighted by atomic mass is 32.1. The molecule has 6 heteroatoms. The summed E-state index contributed by atoms with van der Waals surface area (Å²) in [6.07, 6.45) is 0.952. The van der Waals surface area contributed by atoms with Crippen molar-refractivity contribution in [3.05, 3.63) is 29.8 Å². The quantitative estimate of drug-likeness (QED) is 0.637. The molecule has 1 heterocycles. The monoisotopic (exact) mass is 247 g/mol. The molecule has 0 saturated carbocycles. The molecule has 0 saturated heterocycles. The number of hydrogen-bond donors (Lipinski definition) is 2. The van der Waals surface area contributed by atoms with Gasteiger partial charge in [0, 0.05) is 5.56 Å². The number of aromatic nitrogens is 2. The Morgan fingerprint density at radius 2 is 2.06 bits per heavy atom. The molecule has 1 aromatic carbocycles. The van der Waals surface area contributed by atoms with Crippen molar-refractivity contribution in [2.75, 3.05) is 0 Å². The summed E-state index contributed by atoms with van der Waals surface area (Å²) >= 11 is 1.37. The maximum absolute atomic E-state index is 5.30.